The molecule has 1 aliphatic rings. The normalized spacial score (nSPS) is 24.2. The van der Waals surface area contributed by atoms with Gasteiger partial charge in [0, 0.05) is 31.7 Å². The summed E-state index contributed by atoms with van der Waals surface area (Å²) in [5, 5.41) is 6.22. The molecule has 0 saturated heterocycles. The highest BCUT2D eigenvalue weighted by Crippen LogP contribution is 2.48. The Bertz CT molecular complexity index is 293. The fourth-order valence-corrected chi connectivity index (χ4v) is 3.20. The lowest BCUT2D eigenvalue weighted by atomic mass is 9.58. The van der Waals surface area contributed by atoms with E-state index in [9.17, 15) is 4.79 Å². The third kappa shape index (κ3) is 3.93. The van der Waals surface area contributed by atoms with Crippen molar-refractivity contribution in [3.63, 3.8) is 0 Å². The molecular weight excluding hydrogens is 256 g/mol. The fraction of sp³-hybridized carbons (Fsp3) is 0.933. The number of amides is 1. The zero-order valence-corrected chi connectivity index (χ0v) is 13.3. The molecule has 5 heteroatoms. The molecule has 0 bridgehead atoms. The molecule has 1 saturated carbocycles. The topological polar surface area (TPSA) is 59.6 Å². The molecule has 1 rings (SSSR count). The number of carbonyl (C=O) groups is 1. The molecular formula is C15H30N2O3. The molecule has 1 amide bonds. The van der Waals surface area contributed by atoms with E-state index in [1.54, 1.807) is 7.11 Å². The van der Waals surface area contributed by atoms with E-state index < -0.39 is 0 Å². The van der Waals surface area contributed by atoms with Gasteiger partial charge in [0.05, 0.1) is 19.3 Å². The van der Waals surface area contributed by atoms with E-state index >= 15 is 0 Å². The Morgan fingerprint density at radius 3 is 2.55 bits per heavy atom. The highest BCUT2D eigenvalue weighted by atomic mass is 16.5. The average Bonchev–Trinajstić information content (AvgIpc) is 2.44. The molecule has 5 nitrogen and oxygen atoms in total. The first-order valence-corrected chi connectivity index (χ1v) is 7.75. The van der Waals surface area contributed by atoms with Crippen molar-refractivity contribution >= 4 is 5.91 Å². The second kappa shape index (κ2) is 8.60. The summed E-state index contributed by atoms with van der Waals surface area (Å²) in [6.45, 7) is 8.81. The molecule has 118 valence electrons. The minimum absolute atomic E-state index is 0.0623. The van der Waals surface area contributed by atoms with E-state index in [1.807, 2.05) is 6.92 Å². The van der Waals surface area contributed by atoms with Gasteiger partial charge in [0.25, 0.3) is 0 Å². The molecule has 0 aromatic heterocycles. The van der Waals surface area contributed by atoms with E-state index in [0.717, 1.165) is 25.9 Å². The fourth-order valence-electron chi connectivity index (χ4n) is 3.20. The van der Waals surface area contributed by atoms with E-state index in [2.05, 4.69) is 24.5 Å². The van der Waals surface area contributed by atoms with E-state index in [4.69, 9.17) is 9.47 Å². The van der Waals surface area contributed by atoms with Gasteiger partial charge in [-0.05, 0) is 26.2 Å². The average molecular weight is 286 g/mol. The summed E-state index contributed by atoms with van der Waals surface area (Å²) in [4.78, 5) is 11.9. The second-order valence-electron chi connectivity index (χ2n) is 5.41. The molecule has 1 aliphatic carbocycles. The first kappa shape index (κ1) is 17.4. The van der Waals surface area contributed by atoms with Gasteiger partial charge in [-0.3, -0.25) is 4.79 Å². The Labute approximate surface area is 122 Å². The van der Waals surface area contributed by atoms with Crippen LogP contribution in [0.1, 0.15) is 40.0 Å². The summed E-state index contributed by atoms with van der Waals surface area (Å²) in [7, 11) is 1.65. The van der Waals surface area contributed by atoms with Crippen LogP contribution >= 0.6 is 0 Å². The van der Waals surface area contributed by atoms with Crippen LogP contribution in [0.4, 0.5) is 0 Å². The number of carbonyl (C=O) groups excluding carboxylic acids is 1. The number of rotatable bonds is 10. The summed E-state index contributed by atoms with van der Waals surface area (Å²) < 4.78 is 10.8. The standard InChI is InChI=1S/C15H30N2O3/c1-5-15(6-2)12(10-13(15)20-7-3)17-14(18)11-16-8-9-19-4/h12-13,16H,5-11H2,1-4H3,(H,17,18). The zero-order valence-electron chi connectivity index (χ0n) is 13.3. The van der Waals surface area contributed by atoms with Gasteiger partial charge in [-0.25, -0.2) is 0 Å². The van der Waals surface area contributed by atoms with Gasteiger partial charge in [0.15, 0.2) is 0 Å². The van der Waals surface area contributed by atoms with Crippen molar-refractivity contribution in [1.82, 2.24) is 10.6 Å². The lowest BCUT2D eigenvalue weighted by Gasteiger charge is -2.55. The summed E-state index contributed by atoms with van der Waals surface area (Å²) in [6, 6.07) is 0.241. The predicted molar refractivity (Wildman–Crippen MR) is 79.7 cm³/mol. The van der Waals surface area contributed by atoms with Crippen LogP contribution in [-0.4, -0.2) is 51.5 Å². The third-order valence-corrected chi connectivity index (χ3v) is 4.57. The van der Waals surface area contributed by atoms with Crippen molar-refractivity contribution in [2.75, 3.05) is 33.4 Å². The predicted octanol–water partition coefficient (Wildman–Crippen LogP) is 1.32. The third-order valence-electron chi connectivity index (χ3n) is 4.57. The molecule has 2 unspecified atom stereocenters. The molecule has 0 aromatic carbocycles. The largest absolute Gasteiger partial charge is 0.383 e. The number of hydrogen-bond donors (Lipinski definition) is 2. The van der Waals surface area contributed by atoms with Gasteiger partial charge in [-0.15, -0.1) is 0 Å². The summed E-state index contributed by atoms with van der Waals surface area (Å²) >= 11 is 0. The van der Waals surface area contributed by atoms with Gasteiger partial charge in [-0.1, -0.05) is 13.8 Å². The van der Waals surface area contributed by atoms with Crippen LogP contribution < -0.4 is 10.6 Å². The first-order chi connectivity index (χ1) is 9.64. The monoisotopic (exact) mass is 286 g/mol. The van der Waals surface area contributed by atoms with Crippen molar-refractivity contribution < 1.29 is 14.3 Å². The number of ether oxygens (including phenoxy) is 2. The quantitative estimate of drug-likeness (QED) is 0.595. The molecule has 0 radical (unpaired) electrons. The Morgan fingerprint density at radius 2 is 2.00 bits per heavy atom. The lowest BCUT2D eigenvalue weighted by molar-refractivity contribution is -0.148. The Morgan fingerprint density at radius 1 is 1.30 bits per heavy atom. The van der Waals surface area contributed by atoms with Crippen molar-refractivity contribution in [1.29, 1.82) is 0 Å². The Hall–Kier alpha value is -0.650. The number of nitrogens with one attached hydrogen (secondary N) is 2. The van der Waals surface area contributed by atoms with Gasteiger partial charge in [0.2, 0.25) is 5.91 Å². The van der Waals surface area contributed by atoms with E-state index in [-0.39, 0.29) is 23.5 Å². The van der Waals surface area contributed by atoms with Gasteiger partial charge in [0.1, 0.15) is 0 Å². The van der Waals surface area contributed by atoms with Crippen LogP contribution in [0.5, 0.6) is 0 Å². The summed E-state index contributed by atoms with van der Waals surface area (Å²) in [5.74, 6) is 0.0623. The van der Waals surface area contributed by atoms with Gasteiger partial charge >= 0.3 is 0 Å². The second-order valence-corrected chi connectivity index (χ2v) is 5.41. The van der Waals surface area contributed by atoms with Crippen molar-refractivity contribution in [2.24, 2.45) is 5.41 Å². The van der Waals surface area contributed by atoms with Crippen molar-refractivity contribution in [3.05, 3.63) is 0 Å². The Kier molecular flexibility index (Phi) is 7.48. The van der Waals surface area contributed by atoms with Gasteiger partial charge < -0.3 is 20.1 Å². The van der Waals surface area contributed by atoms with Crippen LogP contribution in [0, 0.1) is 5.41 Å². The summed E-state index contributed by atoms with van der Waals surface area (Å²) in [5.41, 5.74) is 0.109. The smallest absolute Gasteiger partial charge is 0.234 e. The maximum atomic E-state index is 11.9. The number of methoxy groups -OCH3 is 1. The van der Waals surface area contributed by atoms with Crippen LogP contribution in [-0.2, 0) is 14.3 Å². The van der Waals surface area contributed by atoms with E-state index in [0.29, 0.717) is 19.7 Å². The van der Waals surface area contributed by atoms with Crippen molar-refractivity contribution in [3.8, 4) is 0 Å². The van der Waals surface area contributed by atoms with Crippen molar-refractivity contribution in [2.45, 2.75) is 52.2 Å². The molecule has 2 atom stereocenters. The number of hydrogen-bond acceptors (Lipinski definition) is 4. The zero-order chi connectivity index (χ0) is 15.0. The van der Waals surface area contributed by atoms with Crippen LogP contribution in [0.25, 0.3) is 0 Å². The minimum Gasteiger partial charge on any atom is -0.383 e. The highest BCUT2D eigenvalue weighted by Gasteiger charge is 2.53. The van der Waals surface area contributed by atoms with Gasteiger partial charge in [-0.2, -0.15) is 0 Å². The van der Waals surface area contributed by atoms with Crippen LogP contribution in [0.15, 0.2) is 0 Å². The molecule has 0 heterocycles. The van der Waals surface area contributed by atoms with Crippen LogP contribution in [0.2, 0.25) is 0 Å². The summed E-state index contributed by atoms with van der Waals surface area (Å²) in [6.07, 6.45) is 3.29. The van der Waals surface area contributed by atoms with E-state index in [1.165, 1.54) is 0 Å². The van der Waals surface area contributed by atoms with Crippen LogP contribution in [0.3, 0.4) is 0 Å². The maximum Gasteiger partial charge on any atom is 0.234 e. The minimum atomic E-state index is 0.0623. The molecule has 0 aromatic rings. The maximum absolute atomic E-state index is 11.9. The molecule has 0 aliphatic heterocycles. The Balaban J connectivity index is 2.41. The molecule has 2 N–H and O–H groups in total. The first-order valence-electron chi connectivity index (χ1n) is 7.75. The lowest BCUT2D eigenvalue weighted by Crippen LogP contribution is -2.65. The SMILES string of the molecule is CCOC1CC(NC(=O)CNCCOC)C1(CC)CC. The highest BCUT2D eigenvalue weighted by molar-refractivity contribution is 5.78. The molecule has 1 fully saturated rings. The molecule has 0 spiro atoms. The molecule has 20 heavy (non-hydrogen) atoms.